The molecule has 0 saturated carbocycles. The average molecular weight is 544 g/mol. The van der Waals surface area contributed by atoms with Gasteiger partial charge in [-0.25, -0.2) is 4.79 Å². The zero-order valence-corrected chi connectivity index (χ0v) is 24.1. The molecule has 0 aliphatic carbocycles. The van der Waals surface area contributed by atoms with E-state index in [9.17, 15) is 28.8 Å². The summed E-state index contributed by atoms with van der Waals surface area (Å²) in [5.74, 6) is -4.84. The summed E-state index contributed by atoms with van der Waals surface area (Å²) in [4.78, 5) is 73.9. The second-order valence-corrected chi connectivity index (χ2v) is 11.2. The number of ether oxygens (including phenoxy) is 1. The van der Waals surface area contributed by atoms with Gasteiger partial charge in [0.15, 0.2) is 0 Å². The minimum absolute atomic E-state index is 0.317. The van der Waals surface area contributed by atoms with Gasteiger partial charge in [0.05, 0.1) is 6.54 Å². The Morgan fingerprint density at radius 1 is 0.658 bits per heavy atom. The number of hydrogen-bond donors (Lipinski definition) is 6. The Hall–Kier alpha value is -3.38. The number of nitrogens with one attached hydrogen (secondary N) is 5. The highest BCUT2D eigenvalue weighted by atomic mass is 16.6. The fraction of sp³-hybridized carbons (Fsp3) is 0.760. The van der Waals surface area contributed by atoms with Crippen molar-refractivity contribution in [3.63, 3.8) is 0 Å². The molecule has 0 rings (SSSR count). The number of amides is 5. The second kappa shape index (κ2) is 15.1. The number of carboxylic acid groups (broad SMARTS) is 1. The number of alkyl carbamates (subject to hydrolysis) is 1. The summed E-state index contributed by atoms with van der Waals surface area (Å²) in [6.07, 6.45) is -0.768. The molecule has 13 heteroatoms. The molecule has 0 fully saturated rings. The van der Waals surface area contributed by atoms with Gasteiger partial charge in [-0.2, -0.15) is 0 Å². The largest absolute Gasteiger partial charge is 0.480 e. The maximum absolute atomic E-state index is 13.1. The Balaban J connectivity index is 5.40. The molecule has 218 valence electrons. The molecule has 0 bridgehead atoms. The van der Waals surface area contributed by atoms with E-state index in [0.29, 0.717) is 0 Å². The fourth-order valence-electron chi connectivity index (χ4n) is 3.16. The first-order valence-electron chi connectivity index (χ1n) is 12.7. The van der Waals surface area contributed by atoms with E-state index in [-0.39, 0.29) is 17.8 Å². The van der Waals surface area contributed by atoms with Crippen molar-refractivity contribution >= 4 is 35.7 Å². The Morgan fingerprint density at radius 2 is 1.05 bits per heavy atom. The van der Waals surface area contributed by atoms with Crippen molar-refractivity contribution in [3.8, 4) is 0 Å². The van der Waals surface area contributed by atoms with Gasteiger partial charge in [0, 0.05) is 0 Å². The zero-order chi connectivity index (χ0) is 30.0. The summed E-state index contributed by atoms with van der Waals surface area (Å²) in [6.45, 7) is 16.2. The molecule has 13 nitrogen and oxygen atoms in total. The van der Waals surface area contributed by atoms with Crippen molar-refractivity contribution in [2.24, 2.45) is 17.8 Å². The molecule has 38 heavy (non-hydrogen) atoms. The first kappa shape index (κ1) is 34.6. The van der Waals surface area contributed by atoms with Crippen molar-refractivity contribution in [2.75, 3.05) is 6.54 Å². The van der Waals surface area contributed by atoms with Gasteiger partial charge in [-0.15, -0.1) is 0 Å². The molecule has 0 spiro atoms. The van der Waals surface area contributed by atoms with Gasteiger partial charge in [-0.1, -0.05) is 41.5 Å². The Morgan fingerprint density at radius 3 is 1.42 bits per heavy atom. The van der Waals surface area contributed by atoms with E-state index in [2.05, 4.69) is 26.6 Å². The van der Waals surface area contributed by atoms with Crippen LogP contribution < -0.4 is 26.6 Å². The maximum Gasteiger partial charge on any atom is 0.408 e. The molecule has 0 saturated heterocycles. The van der Waals surface area contributed by atoms with Crippen LogP contribution >= 0.6 is 0 Å². The lowest BCUT2D eigenvalue weighted by atomic mass is 9.98. The molecule has 5 amide bonds. The third kappa shape index (κ3) is 12.7. The predicted octanol–water partition coefficient (Wildman–Crippen LogP) is 0.523. The third-order valence-electron chi connectivity index (χ3n) is 5.29. The summed E-state index contributed by atoms with van der Waals surface area (Å²) in [6, 6.07) is -4.17. The number of carbonyl (C=O) groups excluding carboxylic acids is 5. The quantitative estimate of drug-likeness (QED) is 0.194. The van der Waals surface area contributed by atoms with Crippen molar-refractivity contribution in [2.45, 2.75) is 99.0 Å². The Kier molecular flexibility index (Phi) is 13.8. The Bertz CT molecular complexity index is 866. The van der Waals surface area contributed by atoms with Gasteiger partial charge >= 0.3 is 12.1 Å². The van der Waals surface area contributed by atoms with Crippen LogP contribution in [-0.4, -0.2) is 77.1 Å². The van der Waals surface area contributed by atoms with Gasteiger partial charge in [-0.3, -0.25) is 24.0 Å². The Labute approximate surface area is 224 Å². The van der Waals surface area contributed by atoms with Crippen LogP contribution in [-0.2, 0) is 28.7 Å². The van der Waals surface area contributed by atoms with Crippen molar-refractivity contribution in [3.05, 3.63) is 0 Å². The molecule has 0 aliphatic rings. The lowest BCUT2D eigenvalue weighted by Crippen LogP contribution is -2.60. The monoisotopic (exact) mass is 543 g/mol. The fourth-order valence-corrected chi connectivity index (χ4v) is 3.16. The summed E-state index contributed by atoms with van der Waals surface area (Å²) in [7, 11) is 0. The molecule has 0 heterocycles. The standard InChI is InChI=1S/C25H45N5O8/c1-12(2)17(20(32)26-11-16(31)27-15(7)23(35)36)28-21(33)18(13(3)4)29-22(34)19(14(5)6)30-24(37)38-25(8,9)10/h12-15,17-19H,11H2,1-10H3,(H,26,32)(H,27,31)(H,28,33)(H,29,34)(H,30,37)(H,35,36)/t15-,17-,18-,19-/m0/s1. The maximum atomic E-state index is 13.1. The molecule has 0 aromatic rings. The highest BCUT2D eigenvalue weighted by Crippen LogP contribution is 2.11. The average Bonchev–Trinajstić information content (AvgIpc) is 2.75. The molecule has 4 atom stereocenters. The molecular formula is C25H45N5O8. The van der Waals surface area contributed by atoms with E-state index in [1.807, 2.05) is 0 Å². The van der Waals surface area contributed by atoms with Crippen LogP contribution in [0.4, 0.5) is 4.79 Å². The van der Waals surface area contributed by atoms with Gasteiger partial charge in [0.2, 0.25) is 23.6 Å². The normalized spacial score (nSPS) is 14.7. The smallest absolute Gasteiger partial charge is 0.408 e. The van der Waals surface area contributed by atoms with Crippen LogP contribution in [0.5, 0.6) is 0 Å². The SMILES string of the molecule is CC(C)[C@H](NC(=O)OC(C)(C)C)C(=O)N[C@H](C(=O)N[C@H](C(=O)NCC(=O)N[C@@H](C)C(=O)O)C(C)C)C(C)C. The van der Waals surface area contributed by atoms with Crippen LogP contribution in [0.3, 0.4) is 0 Å². The van der Waals surface area contributed by atoms with E-state index in [1.54, 1.807) is 62.3 Å². The minimum atomic E-state index is -1.22. The minimum Gasteiger partial charge on any atom is -0.480 e. The van der Waals surface area contributed by atoms with Crippen LogP contribution in [0.25, 0.3) is 0 Å². The highest BCUT2D eigenvalue weighted by Gasteiger charge is 2.34. The van der Waals surface area contributed by atoms with E-state index in [4.69, 9.17) is 9.84 Å². The van der Waals surface area contributed by atoms with Gasteiger partial charge < -0.3 is 36.4 Å². The lowest BCUT2D eigenvalue weighted by Gasteiger charge is -2.29. The molecular weight excluding hydrogens is 498 g/mol. The van der Waals surface area contributed by atoms with Crippen LogP contribution in [0, 0.1) is 17.8 Å². The zero-order valence-electron chi connectivity index (χ0n) is 24.1. The van der Waals surface area contributed by atoms with Crippen molar-refractivity contribution in [1.82, 2.24) is 26.6 Å². The predicted molar refractivity (Wildman–Crippen MR) is 140 cm³/mol. The number of hydrogen-bond acceptors (Lipinski definition) is 7. The summed E-state index contributed by atoms with van der Waals surface area (Å²) in [5.41, 5.74) is -0.760. The molecule has 0 unspecified atom stereocenters. The van der Waals surface area contributed by atoms with Crippen LogP contribution in [0.15, 0.2) is 0 Å². The molecule has 0 aromatic heterocycles. The number of rotatable bonds is 13. The summed E-state index contributed by atoms with van der Waals surface area (Å²) >= 11 is 0. The van der Waals surface area contributed by atoms with Crippen LogP contribution in [0.2, 0.25) is 0 Å². The van der Waals surface area contributed by atoms with Crippen molar-refractivity contribution in [1.29, 1.82) is 0 Å². The van der Waals surface area contributed by atoms with E-state index in [1.165, 1.54) is 6.92 Å². The van der Waals surface area contributed by atoms with Crippen LogP contribution in [0.1, 0.15) is 69.2 Å². The highest BCUT2D eigenvalue weighted by molar-refractivity contribution is 5.95. The topological polar surface area (TPSA) is 192 Å². The third-order valence-corrected chi connectivity index (χ3v) is 5.29. The second-order valence-electron chi connectivity index (χ2n) is 11.2. The van der Waals surface area contributed by atoms with E-state index < -0.39 is 72.0 Å². The number of aliphatic carboxylic acids is 1. The van der Waals surface area contributed by atoms with Gasteiger partial charge in [-0.05, 0) is 45.4 Å². The number of carboxylic acids is 1. The first-order valence-corrected chi connectivity index (χ1v) is 12.7. The molecule has 0 aliphatic heterocycles. The first-order chi connectivity index (χ1) is 17.3. The molecule has 0 aromatic carbocycles. The lowest BCUT2D eigenvalue weighted by molar-refractivity contribution is -0.141. The van der Waals surface area contributed by atoms with Gasteiger partial charge in [0.1, 0.15) is 29.8 Å². The van der Waals surface area contributed by atoms with E-state index >= 15 is 0 Å². The van der Waals surface area contributed by atoms with Crippen molar-refractivity contribution < 1.29 is 38.6 Å². The molecule has 6 N–H and O–H groups in total. The summed E-state index contributed by atoms with van der Waals surface area (Å²) in [5, 5.41) is 21.3. The molecule has 0 radical (unpaired) electrons. The summed E-state index contributed by atoms with van der Waals surface area (Å²) < 4.78 is 5.24. The van der Waals surface area contributed by atoms with E-state index in [0.717, 1.165) is 0 Å². The number of carbonyl (C=O) groups is 6. The van der Waals surface area contributed by atoms with Gasteiger partial charge in [0.25, 0.3) is 0 Å².